The van der Waals surface area contributed by atoms with Gasteiger partial charge in [0.2, 0.25) is 0 Å². The van der Waals surface area contributed by atoms with E-state index in [0.29, 0.717) is 0 Å². The molecule has 332 valence electrons. The number of nitrogens with zero attached hydrogens (tertiary/aromatic N) is 3. The van der Waals surface area contributed by atoms with Crippen LogP contribution in [0.15, 0.2) is 0 Å². The molecular formula is C50H107N3OTi. The van der Waals surface area contributed by atoms with Crippen LogP contribution in [-0.4, -0.2) is 56.0 Å². The molecule has 0 saturated carbocycles. The first-order valence-corrected chi connectivity index (χ1v) is 28.7. The van der Waals surface area contributed by atoms with Crippen LogP contribution in [0.1, 0.15) is 280 Å². The summed E-state index contributed by atoms with van der Waals surface area (Å²) in [5.41, 5.74) is 0. The Bertz CT molecular complexity index is 587. The summed E-state index contributed by atoms with van der Waals surface area (Å²) in [6.07, 6.45) is 49.8. The third-order valence-electron chi connectivity index (χ3n) is 12.3. The zero-order valence-corrected chi connectivity index (χ0v) is 41.2. The van der Waals surface area contributed by atoms with E-state index in [-0.39, 0.29) is 0 Å². The first-order valence-electron chi connectivity index (χ1n) is 26.0. The number of rotatable bonds is 47. The van der Waals surface area contributed by atoms with Crippen molar-refractivity contribution in [3.63, 3.8) is 0 Å². The maximum absolute atomic E-state index is 7.75. The number of hydrogen-bond acceptors (Lipinski definition) is 4. The van der Waals surface area contributed by atoms with E-state index in [0.717, 1.165) is 6.61 Å². The summed E-state index contributed by atoms with van der Waals surface area (Å²) in [4.78, 5) is 0. The Morgan fingerprint density at radius 3 is 0.564 bits per heavy atom. The Morgan fingerprint density at radius 1 is 0.236 bits per heavy atom. The Morgan fingerprint density at radius 2 is 0.400 bits per heavy atom. The van der Waals surface area contributed by atoms with Gasteiger partial charge in [-0.25, -0.2) is 0 Å². The molecule has 0 bridgehead atoms. The van der Waals surface area contributed by atoms with Gasteiger partial charge >= 0.3 is 357 Å². The van der Waals surface area contributed by atoms with Crippen molar-refractivity contribution in [3.05, 3.63) is 0 Å². The van der Waals surface area contributed by atoms with Crippen molar-refractivity contribution in [2.75, 3.05) is 45.9 Å². The topological polar surface area (TPSA) is 19.0 Å². The van der Waals surface area contributed by atoms with Crippen LogP contribution >= 0.6 is 0 Å². The second kappa shape index (κ2) is 44.1. The van der Waals surface area contributed by atoms with Crippen LogP contribution < -0.4 is 0 Å². The van der Waals surface area contributed by atoms with Gasteiger partial charge in [0.1, 0.15) is 0 Å². The van der Waals surface area contributed by atoms with Crippen LogP contribution in [0.25, 0.3) is 0 Å². The van der Waals surface area contributed by atoms with E-state index >= 15 is 0 Å². The molecule has 4 nitrogen and oxygen atoms in total. The van der Waals surface area contributed by atoms with Gasteiger partial charge < -0.3 is 0 Å². The molecule has 0 radical (unpaired) electrons. The van der Waals surface area contributed by atoms with Crippen molar-refractivity contribution >= 4 is 0 Å². The second-order valence-corrected chi connectivity index (χ2v) is 22.8. The summed E-state index contributed by atoms with van der Waals surface area (Å²) < 4.78 is 17.2. The van der Waals surface area contributed by atoms with Crippen LogP contribution in [0.5, 0.6) is 0 Å². The summed E-state index contributed by atoms with van der Waals surface area (Å²) in [5.74, 6) is 0. The summed E-state index contributed by atoms with van der Waals surface area (Å²) in [6, 6.07) is 0. The molecule has 5 heteroatoms. The SMILES string of the molecule is CCCCCCCC[N](CCCCCCCC)[Ti]([O]CC)([N](CCCCCCCC)CCCCCCCC)[N](CCCCCCCC)CCCCCCCC. The van der Waals surface area contributed by atoms with E-state index in [1.165, 1.54) is 270 Å². The van der Waals surface area contributed by atoms with Gasteiger partial charge in [-0.3, -0.25) is 0 Å². The van der Waals surface area contributed by atoms with E-state index < -0.39 is 17.7 Å². The summed E-state index contributed by atoms with van der Waals surface area (Å²) in [6.45, 7) is 24.9. The van der Waals surface area contributed by atoms with Crippen molar-refractivity contribution in [1.29, 1.82) is 0 Å². The van der Waals surface area contributed by atoms with Gasteiger partial charge in [-0.1, -0.05) is 0 Å². The summed E-state index contributed by atoms with van der Waals surface area (Å²) >= 11 is -3.41. The fourth-order valence-electron chi connectivity index (χ4n) is 8.77. The van der Waals surface area contributed by atoms with E-state index in [4.69, 9.17) is 3.32 Å². The third-order valence-corrected chi connectivity index (χ3v) is 19.3. The van der Waals surface area contributed by atoms with Crippen molar-refractivity contribution in [3.8, 4) is 0 Å². The van der Waals surface area contributed by atoms with Crippen molar-refractivity contribution < 1.29 is 21.1 Å². The maximum atomic E-state index is 7.75. The summed E-state index contributed by atoms with van der Waals surface area (Å²) in [5, 5.41) is 0. The molecule has 0 unspecified atom stereocenters. The molecule has 0 aliphatic carbocycles. The molecule has 55 heavy (non-hydrogen) atoms. The Hall–Kier alpha value is 0.554. The van der Waals surface area contributed by atoms with E-state index in [1.807, 2.05) is 0 Å². The van der Waals surface area contributed by atoms with Crippen LogP contribution in [0.3, 0.4) is 0 Å². The minimum absolute atomic E-state index is 0.872. The molecule has 0 aliphatic heterocycles. The fourth-order valence-corrected chi connectivity index (χ4v) is 16.3. The Labute approximate surface area is 355 Å². The van der Waals surface area contributed by atoms with E-state index in [1.54, 1.807) is 0 Å². The average Bonchev–Trinajstić information content (AvgIpc) is 3.19. The first kappa shape index (κ1) is 55.6. The second-order valence-electron chi connectivity index (χ2n) is 17.6. The van der Waals surface area contributed by atoms with Gasteiger partial charge in [0.25, 0.3) is 0 Å². The standard InChI is InChI=1S/3C16H34N.C2H5O.Ti/c3*1-3-5-7-9-11-13-15-17-16-14-12-10-8-6-4-2;1-2-3;/h3*3-16H2,1-2H3;2H2,1H3;/q4*-1;+4. The first-order chi connectivity index (χ1) is 27.1. The van der Waals surface area contributed by atoms with Gasteiger partial charge in [0.05, 0.1) is 0 Å². The molecule has 0 spiro atoms. The molecule has 0 rings (SSSR count). The quantitative estimate of drug-likeness (QED) is 0.0450. The van der Waals surface area contributed by atoms with E-state index in [2.05, 4.69) is 58.6 Å². The normalized spacial score (nSPS) is 12.3. The predicted octanol–water partition coefficient (Wildman–Crippen LogP) is 16.9. The third kappa shape index (κ3) is 30.3. The molecule has 0 N–H and O–H groups in total. The van der Waals surface area contributed by atoms with Gasteiger partial charge in [-0.05, 0) is 0 Å². The molecule has 0 aromatic carbocycles. The average molecular weight is 814 g/mol. The minimum atomic E-state index is -3.41. The molecule has 0 atom stereocenters. The number of hydrogen-bond donors (Lipinski definition) is 0. The predicted molar refractivity (Wildman–Crippen MR) is 247 cm³/mol. The van der Waals surface area contributed by atoms with Crippen molar-refractivity contribution in [1.82, 2.24) is 10.1 Å². The fraction of sp³-hybridized carbons (Fsp3) is 1.00. The van der Waals surface area contributed by atoms with Gasteiger partial charge in [-0.15, -0.1) is 0 Å². The molecule has 0 aliphatic rings. The molecule has 0 amide bonds. The number of unbranched alkanes of at least 4 members (excludes halogenated alkanes) is 30. The Kier molecular flexibility index (Phi) is 44.6. The van der Waals surface area contributed by atoms with Crippen molar-refractivity contribution in [2.24, 2.45) is 0 Å². The zero-order chi connectivity index (χ0) is 40.3. The molecule has 0 aromatic rings. The molecule has 0 aromatic heterocycles. The van der Waals surface area contributed by atoms with Gasteiger partial charge in [-0.2, -0.15) is 0 Å². The molecule has 0 fully saturated rings. The van der Waals surface area contributed by atoms with E-state index in [9.17, 15) is 0 Å². The van der Waals surface area contributed by atoms with Crippen molar-refractivity contribution in [2.45, 2.75) is 280 Å². The zero-order valence-electron chi connectivity index (χ0n) is 39.7. The monoisotopic (exact) mass is 814 g/mol. The van der Waals surface area contributed by atoms with Crippen LogP contribution in [0.2, 0.25) is 0 Å². The van der Waals surface area contributed by atoms with Gasteiger partial charge in [0.15, 0.2) is 0 Å². The molecule has 0 heterocycles. The van der Waals surface area contributed by atoms with Crippen LogP contribution in [0.4, 0.5) is 0 Å². The molecule has 0 saturated heterocycles. The Balaban J connectivity index is 6.90. The van der Waals surface area contributed by atoms with Crippen LogP contribution in [-0.2, 0) is 21.1 Å². The summed E-state index contributed by atoms with van der Waals surface area (Å²) in [7, 11) is 0. The van der Waals surface area contributed by atoms with Gasteiger partial charge in [0, 0.05) is 0 Å². The molecular weight excluding hydrogens is 706 g/mol. The van der Waals surface area contributed by atoms with Crippen LogP contribution in [0, 0.1) is 0 Å².